The van der Waals surface area contributed by atoms with Gasteiger partial charge in [-0.2, -0.15) is 0 Å². The number of pyridine rings is 1. The Morgan fingerprint density at radius 2 is 2.31 bits per heavy atom. The van der Waals surface area contributed by atoms with Crippen LogP contribution in [0, 0.1) is 0 Å². The van der Waals surface area contributed by atoms with Crippen LogP contribution in [0.4, 0.5) is 14.5 Å². The summed E-state index contributed by atoms with van der Waals surface area (Å²) in [6.07, 6.45) is -2.04. The zero-order chi connectivity index (χ0) is 12.3. The van der Waals surface area contributed by atoms with Crippen LogP contribution in [-0.2, 0) is 16.0 Å². The second-order valence-electron chi connectivity index (χ2n) is 2.96. The lowest BCUT2D eigenvalue weighted by atomic mass is 10.1. The van der Waals surface area contributed by atoms with E-state index >= 15 is 0 Å². The van der Waals surface area contributed by atoms with Crippen LogP contribution in [0.3, 0.4) is 0 Å². The maximum atomic E-state index is 12.7. The standard InChI is InChI=1S/C9H9ClF2N2O2/c1-16-5(15)2-4-3-14-8(10)7(13)6(4)9(11)12/h3,9H,2,13H2,1H3. The van der Waals surface area contributed by atoms with Crippen LogP contribution in [0.15, 0.2) is 6.20 Å². The largest absolute Gasteiger partial charge is 0.469 e. The van der Waals surface area contributed by atoms with Gasteiger partial charge in [0.05, 0.1) is 19.2 Å². The molecule has 0 atom stereocenters. The van der Waals surface area contributed by atoms with Gasteiger partial charge in [0.25, 0.3) is 6.43 Å². The van der Waals surface area contributed by atoms with Crippen molar-refractivity contribution in [2.24, 2.45) is 0 Å². The van der Waals surface area contributed by atoms with E-state index in [0.717, 1.165) is 13.3 Å². The number of aromatic nitrogens is 1. The molecule has 0 radical (unpaired) electrons. The molecule has 16 heavy (non-hydrogen) atoms. The van der Waals surface area contributed by atoms with E-state index in [2.05, 4.69) is 9.72 Å². The van der Waals surface area contributed by atoms with Gasteiger partial charge in [0.1, 0.15) is 0 Å². The molecule has 1 aromatic rings. The molecule has 0 unspecified atom stereocenters. The highest BCUT2D eigenvalue weighted by Gasteiger charge is 2.21. The number of nitrogens with zero attached hydrogens (tertiary/aromatic N) is 1. The van der Waals surface area contributed by atoms with E-state index in [4.69, 9.17) is 17.3 Å². The van der Waals surface area contributed by atoms with Gasteiger partial charge >= 0.3 is 5.97 Å². The quantitative estimate of drug-likeness (QED) is 0.658. The van der Waals surface area contributed by atoms with Crippen molar-refractivity contribution in [2.75, 3.05) is 12.8 Å². The second kappa shape index (κ2) is 5.07. The molecule has 1 aromatic heterocycles. The first-order chi connectivity index (χ1) is 7.47. The van der Waals surface area contributed by atoms with E-state index in [9.17, 15) is 13.6 Å². The summed E-state index contributed by atoms with van der Waals surface area (Å²) < 4.78 is 29.8. The Balaban J connectivity index is 3.18. The second-order valence-corrected chi connectivity index (χ2v) is 3.31. The third-order valence-electron chi connectivity index (χ3n) is 1.97. The predicted octanol–water partition coefficient (Wildman–Crippen LogP) is 1.97. The van der Waals surface area contributed by atoms with Crippen molar-refractivity contribution in [3.05, 3.63) is 22.5 Å². The van der Waals surface area contributed by atoms with Gasteiger partial charge < -0.3 is 10.5 Å². The lowest BCUT2D eigenvalue weighted by Crippen LogP contribution is -2.10. The minimum atomic E-state index is -2.82. The molecule has 4 nitrogen and oxygen atoms in total. The number of hydrogen-bond donors (Lipinski definition) is 1. The molecule has 7 heteroatoms. The number of carbonyl (C=O) groups is 1. The molecule has 88 valence electrons. The van der Waals surface area contributed by atoms with Crippen LogP contribution in [0.1, 0.15) is 17.6 Å². The van der Waals surface area contributed by atoms with Gasteiger partial charge in [-0.15, -0.1) is 0 Å². The number of anilines is 1. The minimum absolute atomic E-state index is 0.0174. The molecule has 0 spiro atoms. The Hall–Kier alpha value is -1.43. The minimum Gasteiger partial charge on any atom is -0.469 e. The highest BCUT2D eigenvalue weighted by atomic mass is 35.5. The summed E-state index contributed by atoms with van der Waals surface area (Å²) in [4.78, 5) is 14.6. The van der Waals surface area contributed by atoms with E-state index < -0.39 is 18.0 Å². The Morgan fingerprint density at radius 3 is 2.81 bits per heavy atom. The van der Waals surface area contributed by atoms with Crippen molar-refractivity contribution in [1.29, 1.82) is 0 Å². The molecule has 0 amide bonds. The van der Waals surface area contributed by atoms with Crippen molar-refractivity contribution in [1.82, 2.24) is 4.98 Å². The topological polar surface area (TPSA) is 65.2 Å². The summed E-state index contributed by atoms with van der Waals surface area (Å²) in [6, 6.07) is 0. The van der Waals surface area contributed by atoms with Crippen LogP contribution in [0.5, 0.6) is 0 Å². The summed E-state index contributed by atoms with van der Waals surface area (Å²) in [5.74, 6) is -0.648. The molecule has 0 aliphatic carbocycles. The molecule has 0 aliphatic rings. The fraction of sp³-hybridized carbons (Fsp3) is 0.333. The van der Waals surface area contributed by atoms with E-state index in [0.29, 0.717) is 0 Å². The maximum absolute atomic E-state index is 12.7. The third kappa shape index (κ3) is 2.57. The Labute approximate surface area is 95.4 Å². The molecular formula is C9H9ClF2N2O2. The number of nitrogens with two attached hydrogens (primary N) is 1. The van der Waals surface area contributed by atoms with Gasteiger partial charge in [0.2, 0.25) is 0 Å². The number of ether oxygens (including phenoxy) is 1. The van der Waals surface area contributed by atoms with E-state index in [-0.39, 0.29) is 22.8 Å². The normalized spacial score (nSPS) is 10.6. The SMILES string of the molecule is COC(=O)Cc1cnc(Cl)c(N)c1C(F)F. The zero-order valence-electron chi connectivity index (χ0n) is 8.34. The van der Waals surface area contributed by atoms with Crippen LogP contribution < -0.4 is 5.73 Å². The molecule has 0 saturated carbocycles. The molecule has 0 bridgehead atoms. The maximum Gasteiger partial charge on any atom is 0.310 e. The predicted molar refractivity (Wildman–Crippen MR) is 54.3 cm³/mol. The molecule has 1 heterocycles. The smallest absolute Gasteiger partial charge is 0.310 e. The van der Waals surface area contributed by atoms with Crippen molar-refractivity contribution in [2.45, 2.75) is 12.8 Å². The summed E-state index contributed by atoms with van der Waals surface area (Å²) in [5, 5.41) is -0.205. The monoisotopic (exact) mass is 250 g/mol. The number of halogens is 3. The first-order valence-electron chi connectivity index (χ1n) is 4.25. The van der Waals surface area contributed by atoms with Gasteiger partial charge in [-0.3, -0.25) is 4.79 Å². The summed E-state index contributed by atoms with van der Waals surface area (Å²) >= 11 is 5.51. The van der Waals surface area contributed by atoms with Crippen molar-refractivity contribution in [3.63, 3.8) is 0 Å². The lowest BCUT2D eigenvalue weighted by molar-refractivity contribution is -0.139. The van der Waals surface area contributed by atoms with E-state index in [1.54, 1.807) is 0 Å². The fourth-order valence-electron chi connectivity index (χ4n) is 1.18. The van der Waals surface area contributed by atoms with Crippen molar-refractivity contribution < 1.29 is 18.3 Å². The van der Waals surface area contributed by atoms with Gasteiger partial charge in [0, 0.05) is 11.8 Å². The summed E-state index contributed by atoms with van der Waals surface area (Å²) in [7, 11) is 1.16. The fourth-order valence-corrected chi connectivity index (χ4v) is 1.33. The van der Waals surface area contributed by atoms with Gasteiger partial charge in [-0.05, 0) is 5.56 Å². The highest BCUT2D eigenvalue weighted by molar-refractivity contribution is 6.32. The van der Waals surface area contributed by atoms with Gasteiger partial charge in [-0.25, -0.2) is 13.8 Å². The highest BCUT2D eigenvalue weighted by Crippen LogP contribution is 2.32. The lowest BCUT2D eigenvalue weighted by Gasteiger charge is -2.11. The molecule has 0 aliphatic heterocycles. The Kier molecular flexibility index (Phi) is 4.00. The first kappa shape index (κ1) is 12.6. The van der Waals surface area contributed by atoms with Crippen molar-refractivity contribution in [3.8, 4) is 0 Å². The molecule has 1 rings (SSSR count). The number of carbonyl (C=O) groups excluding carboxylic acids is 1. The van der Waals surface area contributed by atoms with Crippen LogP contribution >= 0.6 is 11.6 Å². The molecule has 2 N–H and O–H groups in total. The molecule has 0 fully saturated rings. The Bertz CT molecular complexity index is 413. The van der Waals surface area contributed by atoms with E-state index in [1.807, 2.05) is 0 Å². The van der Waals surface area contributed by atoms with Gasteiger partial charge in [0.15, 0.2) is 5.15 Å². The first-order valence-corrected chi connectivity index (χ1v) is 4.62. The van der Waals surface area contributed by atoms with Crippen LogP contribution in [-0.4, -0.2) is 18.1 Å². The molecule has 0 saturated heterocycles. The van der Waals surface area contributed by atoms with Crippen LogP contribution in [0.2, 0.25) is 5.15 Å². The third-order valence-corrected chi connectivity index (χ3v) is 2.27. The van der Waals surface area contributed by atoms with Crippen LogP contribution in [0.25, 0.3) is 0 Å². The van der Waals surface area contributed by atoms with Crippen molar-refractivity contribution >= 4 is 23.3 Å². The number of esters is 1. The molecular weight excluding hydrogens is 242 g/mol. The van der Waals surface area contributed by atoms with Gasteiger partial charge in [-0.1, -0.05) is 11.6 Å². The summed E-state index contributed by atoms with van der Waals surface area (Å²) in [6.45, 7) is 0. The summed E-state index contributed by atoms with van der Waals surface area (Å²) in [5.41, 5.74) is 4.62. The number of hydrogen-bond acceptors (Lipinski definition) is 4. The average molecular weight is 251 g/mol. The number of methoxy groups -OCH3 is 1. The number of nitrogen functional groups attached to an aromatic ring is 1. The van der Waals surface area contributed by atoms with E-state index in [1.165, 1.54) is 0 Å². The Morgan fingerprint density at radius 1 is 1.69 bits per heavy atom. The number of rotatable bonds is 3. The number of alkyl halides is 2. The average Bonchev–Trinajstić information content (AvgIpc) is 2.23. The molecule has 0 aromatic carbocycles. The zero-order valence-corrected chi connectivity index (χ0v) is 9.09.